The third-order valence-electron chi connectivity index (χ3n) is 3.19. The van der Waals surface area contributed by atoms with Crippen LogP contribution in [0, 0.1) is 0 Å². The van der Waals surface area contributed by atoms with Crippen LogP contribution in [-0.2, 0) is 14.8 Å². The number of amides is 1. The van der Waals surface area contributed by atoms with Gasteiger partial charge < -0.3 is 16.4 Å². The van der Waals surface area contributed by atoms with E-state index in [1.165, 1.54) is 13.1 Å². The summed E-state index contributed by atoms with van der Waals surface area (Å²) in [5, 5.41) is 5.95. The zero-order chi connectivity index (χ0) is 15.5. The van der Waals surface area contributed by atoms with E-state index in [1.54, 1.807) is 12.1 Å². The van der Waals surface area contributed by atoms with Crippen molar-refractivity contribution in [1.29, 1.82) is 0 Å². The normalized spacial score (nSPS) is 14.7. The molecule has 1 aromatic carbocycles. The lowest BCUT2D eigenvalue weighted by Gasteiger charge is -2.10. The summed E-state index contributed by atoms with van der Waals surface area (Å²) < 4.78 is 25.6. The van der Waals surface area contributed by atoms with Crippen LogP contribution in [0.2, 0.25) is 0 Å². The van der Waals surface area contributed by atoms with Gasteiger partial charge in [0.1, 0.15) is 4.90 Å². The number of hydrogen-bond donors (Lipinski definition) is 4. The van der Waals surface area contributed by atoms with Gasteiger partial charge in [0.25, 0.3) is 0 Å². The van der Waals surface area contributed by atoms with Crippen LogP contribution in [-0.4, -0.2) is 34.0 Å². The first-order chi connectivity index (χ1) is 9.92. The van der Waals surface area contributed by atoms with Crippen molar-refractivity contribution in [2.75, 3.05) is 24.6 Å². The zero-order valence-corrected chi connectivity index (χ0v) is 12.7. The molecule has 1 aliphatic carbocycles. The molecule has 0 saturated heterocycles. The smallest absolute Gasteiger partial charge is 0.242 e. The SMILES string of the molecule is CNS(=O)(=O)c1ccc(NCCC(=O)NC2CC2)cc1N. The van der Waals surface area contributed by atoms with Gasteiger partial charge >= 0.3 is 0 Å². The van der Waals surface area contributed by atoms with E-state index in [4.69, 9.17) is 5.73 Å². The van der Waals surface area contributed by atoms with Gasteiger partial charge in [-0.1, -0.05) is 0 Å². The summed E-state index contributed by atoms with van der Waals surface area (Å²) >= 11 is 0. The summed E-state index contributed by atoms with van der Waals surface area (Å²) in [6.07, 6.45) is 2.50. The van der Waals surface area contributed by atoms with Crippen molar-refractivity contribution in [2.24, 2.45) is 0 Å². The number of carbonyl (C=O) groups is 1. The number of sulfonamides is 1. The number of benzene rings is 1. The highest BCUT2D eigenvalue weighted by Gasteiger charge is 2.22. The van der Waals surface area contributed by atoms with Crippen LogP contribution in [0.4, 0.5) is 11.4 Å². The molecular weight excluding hydrogens is 292 g/mol. The highest BCUT2D eigenvalue weighted by Crippen LogP contribution is 2.22. The highest BCUT2D eigenvalue weighted by molar-refractivity contribution is 7.89. The van der Waals surface area contributed by atoms with Gasteiger partial charge in [-0.25, -0.2) is 13.1 Å². The Hall–Kier alpha value is -1.80. The molecule has 1 aromatic rings. The Morgan fingerprint density at radius 2 is 2.10 bits per heavy atom. The monoisotopic (exact) mass is 312 g/mol. The van der Waals surface area contributed by atoms with Gasteiger partial charge in [-0.05, 0) is 38.1 Å². The number of anilines is 2. The van der Waals surface area contributed by atoms with E-state index >= 15 is 0 Å². The Morgan fingerprint density at radius 3 is 2.67 bits per heavy atom. The lowest BCUT2D eigenvalue weighted by Crippen LogP contribution is -2.27. The second-order valence-corrected chi connectivity index (χ2v) is 6.83. The Labute approximate surface area is 124 Å². The van der Waals surface area contributed by atoms with Crippen LogP contribution in [0.5, 0.6) is 0 Å². The molecule has 0 aromatic heterocycles. The first-order valence-corrected chi connectivity index (χ1v) is 8.27. The summed E-state index contributed by atoms with van der Waals surface area (Å²) in [6, 6.07) is 4.97. The van der Waals surface area contributed by atoms with Crippen LogP contribution < -0.4 is 21.1 Å². The maximum atomic E-state index is 11.7. The van der Waals surface area contributed by atoms with E-state index < -0.39 is 10.0 Å². The molecule has 0 aliphatic heterocycles. The van der Waals surface area contributed by atoms with Crippen LogP contribution in [0.1, 0.15) is 19.3 Å². The zero-order valence-electron chi connectivity index (χ0n) is 11.8. The maximum Gasteiger partial charge on any atom is 0.242 e. The Balaban J connectivity index is 1.89. The topological polar surface area (TPSA) is 113 Å². The van der Waals surface area contributed by atoms with E-state index in [0.717, 1.165) is 12.8 Å². The molecule has 1 amide bonds. The molecule has 7 nitrogen and oxygen atoms in total. The molecule has 116 valence electrons. The molecule has 0 heterocycles. The highest BCUT2D eigenvalue weighted by atomic mass is 32.2. The molecule has 5 N–H and O–H groups in total. The Morgan fingerprint density at radius 1 is 1.38 bits per heavy atom. The first-order valence-electron chi connectivity index (χ1n) is 6.78. The molecule has 8 heteroatoms. The van der Waals surface area contributed by atoms with E-state index in [0.29, 0.717) is 24.7 Å². The minimum atomic E-state index is -3.55. The van der Waals surface area contributed by atoms with Crippen molar-refractivity contribution >= 4 is 27.3 Å². The number of carbonyl (C=O) groups excluding carboxylic acids is 1. The van der Waals surface area contributed by atoms with Crippen molar-refractivity contribution in [3.63, 3.8) is 0 Å². The summed E-state index contributed by atoms with van der Waals surface area (Å²) in [5.74, 6) is 0.0207. The lowest BCUT2D eigenvalue weighted by atomic mass is 10.2. The van der Waals surface area contributed by atoms with Gasteiger partial charge in [-0.2, -0.15) is 0 Å². The molecule has 1 saturated carbocycles. The average molecular weight is 312 g/mol. The lowest BCUT2D eigenvalue weighted by molar-refractivity contribution is -0.120. The van der Waals surface area contributed by atoms with Gasteiger partial charge in [0.15, 0.2) is 0 Å². The second-order valence-electron chi connectivity index (χ2n) is 4.98. The molecule has 0 radical (unpaired) electrons. The third-order valence-corrected chi connectivity index (χ3v) is 4.68. The van der Waals surface area contributed by atoms with E-state index in [1.807, 2.05) is 0 Å². The summed E-state index contributed by atoms with van der Waals surface area (Å²) in [7, 11) is -2.22. The minimum absolute atomic E-state index is 0.0207. The molecular formula is C13H20N4O3S. The quantitative estimate of drug-likeness (QED) is 0.539. The van der Waals surface area contributed by atoms with Crippen molar-refractivity contribution in [1.82, 2.24) is 10.0 Å². The maximum absolute atomic E-state index is 11.7. The fourth-order valence-electron chi connectivity index (χ4n) is 1.86. The van der Waals surface area contributed by atoms with Crippen LogP contribution >= 0.6 is 0 Å². The summed E-state index contributed by atoms with van der Waals surface area (Å²) in [6.45, 7) is 0.468. The molecule has 1 aliphatic rings. The average Bonchev–Trinajstić information content (AvgIpc) is 3.22. The molecule has 0 bridgehead atoms. The van der Waals surface area contributed by atoms with E-state index in [-0.39, 0.29) is 16.5 Å². The van der Waals surface area contributed by atoms with Gasteiger partial charge in [-0.3, -0.25) is 4.79 Å². The number of nitrogens with two attached hydrogens (primary N) is 1. The molecule has 21 heavy (non-hydrogen) atoms. The molecule has 1 fully saturated rings. The Kier molecular flexibility index (Phi) is 4.69. The van der Waals surface area contributed by atoms with Crippen molar-refractivity contribution < 1.29 is 13.2 Å². The fraction of sp³-hybridized carbons (Fsp3) is 0.462. The third kappa shape index (κ3) is 4.33. The van der Waals surface area contributed by atoms with Crippen molar-refractivity contribution in [2.45, 2.75) is 30.2 Å². The van der Waals surface area contributed by atoms with Crippen molar-refractivity contribution in [3.8, 4) is 0 Å². The van der Waals surface area contributed by atoms with Crippen LogP contribution in [0.25, 0.3) is 0 Å². The number of rotatable bonds is 7. The van der Waals surface area contributed by atoms with Gasteiger partial charge in [-0.15, -0.1) is 0 Å². The van der Waals surface area contributed by atoms with E-state index in [2.05, 4.69) is 15.4 Å². The predicted octanol–water partition coefficient (Wildman–Crippen LogP) is 0.258. The number of hydrogen-bond acceptors (Lipinski definition) is 5. The first kappa shape index (κ1) is 15.6. The number of nitrogen functional groups attached to an aromatic ring is 1. The Bertz CT molecular complexity index is 626. The summed E-state index contributed by atoms with van der Waals surface area (Å²) in [5.41, 5.74) is 6.60. The standard InChI is InChI=1S/C13H20N4O3S/c1-15-21(19,20)12-5-4-10(8-11(12)14)16-7-6-13(18)17-9-2-3-9/h4-5,8-9,15-16H,2-3,6-7,14H2,1H3,(H,17,18). The second kappa shape index (κ2) is 6.31. The van der Waals surface area contributed by atoms with Crippen LogP contribution in [0.3, 0.4) is 0 Å². The van der Waals surface area contributed by atoms with Gasteiger partial charge in [0.2, 0.25) is 15.9 Å². The minimum Gasteiger partial charge on any atom is -0.398 e. The van der Waals surface area contributed by atoms with Crippen molar-refractivity contribution in [3.05, 3.63) is 18.2 Å². The molecule has 0 unspecified atom stereocenters. The molecule has 2 rings (SSSR count). The van der Waals surface area contributed by atoms with Gasteiger partial charge in [0, 0.05) is 24.7 Å². The predicted molar refractivity (Wildman–Crippen MR) is 81.4 cm³/mol. The van der Waals surface area contributed by atoms with Crippen LogP contribution in [0.15, 0.2) is 23.1 Å². The largest absolute Gasteiger partial charge is 0.398 e. The van der Waals surface area contributed by atoms with Gasteiger partial charge in [0.05, 0.1) is 5.69 Å². The van der Waals surface area contributed by atoms with E-state index in [9.17, 15) is 13.2 Å². The fourth-order valence-corrected chi connectivity index (χ4v) is 2.70. The molecule has 0 spiro atoms. The molecule has 0 atom stereocenters. The summed E-state index contributed by atoms with van der Waals surface area (Å²) in [4.78, 5) is 11.6. The number of nitrogens with one attached hydrogen (secondary N) is 3.